The maximum absolute atomic E-state index is 11.0. The average Bonchev–Trinajstić information content (AvgIpc) is 2.49. The van der Waals surface area contributed by atoms with Crippen LogP contribution in [0.5, 0.6) is 5.75 Å². The zero-order chi connectivity index (χ0) is 17.1. The number of nitro groups is 2. The molecule has 2 aromatic carbocycles. The summed E-state index contributed by atoms with van der Waals surface area (Å²) in [5.41, 5.74) is -0.298. The van der Waals surface area contributed by atoms with Crippen LogP contribution >= 0.6 is 31.9 Å². The first-order valence-corrected chi connectivity index (χ1v) is 7.53. The molecule has 2 rings (SSSR count). The first kappa shape index (κ1) is 17.0. The van der Waals surface area contributed by atoms with E-state index < -0.39 is 15.5 Å². The highest BCUT2D eigenvalue weighted by Crippen LogP contribution is 2.34. The highest BCUT2D eigenvalue weighted by molar-refractivity contribution is 9.11. The second-order valence-electron chi connectivity index (χ2n) is 4.28. The van der Waals surface area contributed by atoms with Crippen LogP contribution in [0.2, 0.25) is 0 Å². The maximum atomic E-state index is 11.0. The van der Waals surface area contributed by atoms with Gasteiger partial charge in [0.15, 0.2) is 0 Å². The molecule has 118 valence electrons. The number of nitrogens with zero attached hydrogens (tertiary/aromatic N) is 3. The standard InChI is InChI=1S/C13H7Br2N3O5/c14-9-3-7(4-10(15)13(9)19)6-16-11-2-1-8(17(20)21)5-12(11)18(22)23/h1-6,19H. The maximum Gasteiger partial charge on any atom is 0.301 e. The summed E-state index contributed by atoms with van der Waals surface area (Å²) in [4.78, 5) is 24.3. The molecule has 0 aliphatic heterocycles. The van der Waals surface area contributed by atoms with E-state index >= 15 is 0 Å². The van der Waals surface area contributed by atoms with Crippen molar-refractivity contribution in [1.29, 1.82) is 0 Å². The van der Waals surface area contributed by atoms with Crippen LogP contribution in [0.4, 0.5) is 17.1 Å². The monoisotopic (exact) mass is 443 g/mol. The summed E-state index contributed by atoms with van der Waals surface area (Å²) in [6, 6.07) is 6.34. The lowest BCUT2D eigenvalue weighted by Crippen LogP contribution is -1.93. The van der Waals surface area contributed by atoms with Gasteiger partial charge in [0.25, 0.3) is 5.69 Å². The van der Waals surface area contributed by atoms with Crippen LogP contribution in [0.3, 0.4) is 0 Å². The number of nitro benzene ring substituents is 2. The van der Waals surface area contributed by atoms with E-state index in [0.717, 1.165) is 12.1 Å². The molecule has 23 heavy (non-hydrogen) atoms. The van der Waals surface area contributed by atoms with Crippen molar-refractivity contribution >= 4 is 55.1 Å². The molecule has 0 heterocycles. The van der Waals surface area contributed by atoms with Crippen molar-refractivity contribution in [2.24, 2.45) is 4.99 Å². The molecular weight excluding hydrogens is 438 g/mol. The molecule has 0 aliphatic carbocycles. The Morgan fingerprint density at radius 2 is 1.65 bits per heavy atom. The quantitative estimate of drug-likeness (QED) is 0.423. The molecule has 8 nitrogen and oxygen atoms in total. The molecule has 0 aliphatic rings. The molecule has 10 heteroatoms. The zero-order valence-corrected chi connectivity index (χ0v) is 14.3. The van der Waals surface area contributed by atoms with Crippen molar-refractivity contribution in [3.63, 3.8) is 0 Å². The van der Waals surface area contributed by atoms with Crippen molar-refractivity contribution in [3.8, 4) is 5.75 Å². The molecule has 0 amide bonds. The summed E-state index contributed by atoms with van der Waals surface area (Å²) >= 11 is 6.32. The third-order valence-corrected chi connectivity index (χ3v) is 3.97. The summed E-state index contributed by atoms with van der Waals surface area (Å²) in [5.74, 6) is 0.0171. The number of phenols is 1. The summed E-state index contributed by atoms with van der Waals surface area (Å²) in [6.07, 6.45) is 1.35. The third kappa shape index (κ3) is 3.90. The fourth-order valence-electron chi connectivity index (χ4n) is 1.68. The van der Waals surface area contributed by atoms with E-state index in [4.69, 9.17) is 0 Å². The van der Waals surface area contributed by atoms with Gasteiger partial charge in [0.05, 0.1) is 24.9 Å². The topological polar surface area (TPSA) is 119 Å². The molecule has 1 N–H and O–H groups in total. The number of halogens is 2. The van der Waals surface area contributed by atoms with Gasteiger partial charge in [-0.2, -0.15) is 0 Å². The largest absolute Gasteiger partial charge is 0.506 e. The van der Waals surface area contributed by atoms with Crippen LogP contribution in [0.25, 0.3) is 0 Å². The fraction of sp³-hybridized carbons (Fsp3) is 0. The highest BCUT2D eigenvalue weighted by atomic mass is 79.9. The molecule has 0 aromatic heterocycles. The van der Waals surface area contributed by atoms with Crippen LogP contribution < -0.4 is 0 Å². The lowest BCUT2D eigenvalue weighted by molar-refractivity contribution is -0.393. The Bertz CT molecular complexity index is 815. The van der Waals surface area contributed by atoms with Gasteiger partial charge in [-0.3, -0.25) is 20.2 Å². The van der Waals surface area contributed by atoms with Gasteiger partial charge >= 0.3 is 5.69 Å². The Morgan fingerprint density at radius 1 is 1.04 bits per heavy atom. The van der Waals surface area contributed by atoms with E-state index in [-0.39, 0.29) is 17.1 Å². The second kappa shape index (κ2) is 6.84. The minimum Gasteiger partial charge on any atom is -0.506 e. The molecular formula is C13H7Br2N3O5. The number of aromatic hydroxyl groups is 1. The molecule has 2 aromatic rings. The van der Waals surface area contributed by atoms with Gasteiger partial charge in [-0.05, 0) is 55.6 Å². The van der Waals surface area contributed by atoms with E-state index in [1.807, 2.05) is 0 Å². The molecule has 0 bridgehead atoms. The number of benzene rings is 2. The van der Waals surface area contributed by atoms with Gasteiger partial charge in [-0.15, -0.1) is 0 Å². The lowest BCUT2D eigenvalue weighted by atomic mass is 10.2. The first-order valence-electron chi connectivity index (χ1n) is 5.94. The minimum absolute atomic E-state index is 0.0130. The summed E-state index contributed by atoms with van der Waals surface area (Å²) in [5, 5.41) is 31.3. The molecule has 0 radical (unpaired) electrons. The van der Waals surface area contributed by atoms with Crippen LogP contribution in [0, 0.1) is 20.2 Å². The predicted molar refractivity (Wildman–Crippen MR) is 90.5 cm³/mol. The van der Waals surface area contributed by atoms with Crippen molar-refractivity contribution < 1.29 is 15.0 Å². The molecule has 0 atom stereocenters. The van der Waals surface area contributed by atoms with Crippen LogP contribution in [-0.2, 0) is 0 Å². The summed E-state index contributed by atoms with van der Waals surface area (Å²) in [7, 11) is 0. The van der Waals surface area contributed by atoms with Gasteiger partial charge in [0.1, 0.15) is 11.4 Å². The van der Waals surface area contributed by atoms with E-state index in [9.17, 15) is 25.3 Å². The van der Waals surface area contributed by atoms with Gasteiger partial charge in [0.2, 0.25) is 0 Å². The number of hydrogen-bond acceptors (Lipinski definition) is 6. The summed E-state index contributed by atoms with van der Waals surface area (Å²) in [6.45, 7) is 0. The Kier molecular flexibility index (Phi) is 5.06. The number of non-ortho nitro benzene ring substituents is 1. The normalized spacial score (nSPS) is 10.9. The van der Waals surface area contributed by atoms with Crippen molar-refractivity contribution in [3.05, 3.63) is 65.1 Å². The van der Waals surface area contributed by atoms with E-state index in [1.54, 1.807) is 12.1 Å². The summed E-state index contributed by atoms with van der Waals surface area (Å²) < 4.78 is 0.845. The van der Waals surface area contributed by atoms with Crippen LogP contribution in [0.15, 0.2) is 44.3 Å². The van der Waals surface area contributed by atoms with Gasteiger partial charge in [0, 0.05) is 12.3 Å². The molecule has 0 unspecified atom stereocenters. The molecule has 0 saturated heterocycles. The van der Waals surface area contributed by atoms with Crippen LogP contribution in [-0.4, -0.2) is 21.2 Å². The third-order valence-electron chi connectivity index (χ3n) is 2.76. The molecule has 0 fully saturated rings. The lowest BCUT2D eigenvalue weighted by Gasteiger charge is -2.02. The molecule has 0 spiro atoms. The smallest absolute Gasteiger partial charge is 0.301 e. The Hall–Kier alpha value is -2.33. The minimum atomic E-state index is -0.734. The Morgan fingerprint density at radius 3 is 2.17 bits per heavy atom. The highest BCUT2D eigenvalue weighted by Gasteiger charge is 2.18. The van der Waals surface area contributed by atoms with Gasteiger partial charge in [-0.25, -0.2) is 4.99 Å². The number of hydrogen-bond donors (Lipinski definition) is 1. The van der Waals surface area contributed by atoms with Crippen LogP contribution in [0.1, 0.15) is 5.56 Å². The van der Waals surface area contributed by atoms with E-state index in [2.05, 4.69) is 36.9 Å². The Labute approximate surface area is 146 Å². The van der Waals surface area contributed by atoms with Gasteiger partial charge in [-0.1, -0.05) is 0 Å². The van der Waals surface area contributed by atoms with Crippen molar-refractivity contribution in [2.45, 2.75) is 0 Å². The molecule has 0 saturated carbocycles. The van der Waals surface area contributed by atoms with E-state index in [0.29, 0.717) is 14.5 Å². The van der Waals surface area contributed by atoms with Crippen molar-refractivity contribution in [2.75, 3.05) is 0 Å². The van der Waals surface area contributed by atoms with Crippen molar-refractivity contribution in [1.82, 2.24) is 0 Å². The zero-order valence-electron chi connectivity index (χ0n) is 11.1. The van der Waals surface area contributed by atoms with E-state index in [1.165, 1.54) is 12.3 Å². The number of aliphatic imine (C=N–C) groups is 1. The number of rotatable bonds is 4. The average molecular weight is 445 g/mol. The van der Waals surface area contributed by atoms with Gasteiger partial charge < -0.3 is 5.11 Å². The SMILES string of the molecule is O=[N+]([O-])c1ccc(N=Cc2cc(Br)c(O)c(Br)c2)c([N+](=O)[O-])c1. The second-order valence-corrected chi connectivity index (χ2v) is 5.99. The first-order chi connectivity index (χ1) is 10.8. The fourth-order valence-corrected chi connectivity index (χ4v) is 2.91. The Balaban J connectivity index is 2.43. The predicted octanol–water partition coefficient (Wildman–Crippen LogP) is 4.48. The number of phenolic OH excluding ortho intramolecular Hbond substituents is 1.